The number of benzene rings is 1. The standard InChI is InChI=1S/C13H15N4O.W/c1-8-3-4-11(18-2)6-9(8)5-10-7-16-13(15)17-12(10)14;/h3-4,6-7H,2,5H2,1H3,(H4,14,15,16,17);/q-1;. The number of anilines is 2. The molecule has 0 atom stereocenters. The summed E-state index contributed by atoms with van der Waals surface area (Å²) in [5.74, 6) is 1.30. The van der Waals surface area contributed by atoms with E-state index < -0.39 is 0 Å². The van der Waals surface area contributed by atoms with Gasteiger partial charge in [-0.3, -0.25) is 0 Å². The molecule has 1 aromatic heterocycles. The van der Waals surface area contributed by atoms with E-state index in [9.17, 15) is 0 Å². The fourth-order valence-corrected chi connectivity index (χ4v) is 1.70. The molecule has 1 aromatic carbocycles. The predicted molar refractivity (Wildman–Crippen MR) is 70.8 cm³/mol. The smallest absolute Gasteiger partial charge is 0.221 e. The number of nitrogen functional groups attached to an aromatic ring is 2. The molecule has 0 unspecified atom stereocenters. The van der Waals surface area contributed by atoms with E-state index in [0.29, 0.717) is 18.0 Å². The number of rotatable bonds is 3. The second kappa shape index (κ2) is 6.52. The van der Waals surface area contributed by atoms with Gasteiger partial charge < -0.3 is 16.2 Å². The van der Waals surface area contributed by atoms with Crippen LogP contribution in [0.15, 0.2) is 24.4 Å². The minimum atomic E-state index is 0. The monoisotopic (exact) mass is 427 g/mol. The van der Waals surface area contributed by atoms with Gasteiger partial charge in [0.05, 0.1) is 5.75 Å². The van der Waals surface area contributed by atoms with Crippen LogP contribution in [0.3, 0.4) is 0 Å². The largest absolute Gasteiger partial charge is 0.665 e. The van der Waals surface area contributed by atoms with Crippen molar-refractivity contribution in [2.24, 2.45) is 0 Å². The van der Waals surface area contributed by atoms with Gasteiger partial charge in [-0.25, -0.2) is 4.98 Å². The molecule has 0 saturated heterocycles. The minimum Gasteiger partial charge on any atom is -0.665 e. The minimum absolute atomic E-state index is 0. The number of hydrogen-bond acceptors (Lipinski definition) is 5. The number of aromatic nitrogens is 2. The van der Waals surface area contributed by atoms with E-state index in [1.807, 2.05) is 25.1 Å². The number of hydrogen-bond donors (Lipinski definition) is 2. The molecule has 0 spiro atoms. The zero-order chi connectivity index (χ0) is 13.1. The number of ether oxygens (including phenoxy) is 1. The fraction of sp³-hybridized carbons (Fsp3) is 0.154. The topological polar surface area (TPSA) is 87.0 Å². The molecule has 0 aliphatic heterocycles. The van der Waals surface area contributed by atoms with Crippen molar-refractivity contribution in [1.29, 1.82) is 0 Å². The first-order valence-corrected chi connectivity index (χ1v) is 5.48. The van der Waals surface area contributed by atoms with Crippen LogP contribution in [0, 0.1) is 14.0 Å². The van der Waals surface area contributed by atoms with Gasteiger partial charge in [-0.2, -0.15) is 12.1 Å². The van der Waals surface area contributed by atoms with E-state index in [-0.39, 0.29) is 27.0 Å². The molecular weight excluding hydrogens is 412 g/mol. The maximum absolute atomic E-state index is 5.82. The molecule has 100 valence electrons. The summed E-state index contributed by atoms with van der Waals surface area (Å²) in [6, 6.07) is 5.77. The molecule has 0 fully saturated rings. The molecule has 4 N–H and O–H groups in total. The molecule has 0 amide bonds. The molecule has 0 radical (unpaired) electrons. The molecule has 2 aromatic rings. The molecule has 0 bridgehead atoms. The van der Waals surface area contributed by atoms with Crippen LogP contribution in [0.4, 0.5) is 11.8 Å². The van der Waals surface area contributed by atoms with Gasteiger partial charge in [0.1, 0.15) is 5.82 Å². The van der Waals surface area contributed by atoms with Crippen molar-refractivity contribution in [3.63, 3.8) is 0 Å². The fourth-order valence-electron chi connectivity index (χ4n) is 1.70. The van der Waals surface area contributed by atoms with Gasteiger partial charge in [0.25, 0.3) is 0 Å². The Labute approximate surface area is 126 Å². The van der Waals surface area contributed by atoms with Gasteiger partial charge in [0.2, 0.25) is 5.95 Å². The van der Waals surface area contributed by atoms with Crippen molar-refractivity contribution in [2.75, 3.05) is 11.5 Å². The molecule has 0 aliphatic carbocycles. The first-order chi connectivity index (χ1) is 8.60. The Morgan fingerprint density at radius 2 is 2.00 bits per heavy atom. The van der Waals surface area contributed by atoms with Crippen molar-refractivity contribution >= 4 is 11.8 Å². The molecule has 6 heteroatoms. The summed E-state index contributed by atoms with van der Waals surface area (Å²) in [6.07, 6.45) is 2.28. The van der Waals surface area contributed by atoms with E-state index >= 15 is 0 Å². The molecule has 5 nitrogen and oxygen atoms in total. The third-order valence-corrected chi connectivity index (χ3v) is 2.78. The summed E-state index contributed by atoms with van der Waals surface area (Å²) in [4.78, 5) is 7.89. The van der Waals surface area contributed by atoms with Gasteiger partial charge in [-0.1, -0.05) is 6.07 Å². The Bertz CT molecular complexity index is 575. The van der Waals surface area contributed by atoms with E-state index in [0.717, 1.165) is 16.7 Å². The summed E-state index contributed by atoms with van der Waals surface area (Å²) in [7, 11) is 3.40. The normalized spacial score (nSPS) is 9.79. The maximum atomic E-state index is 5.82. The van der Waals surface area contributed by atoms with E-state index in [1.54, 1.807) is 6.20 Å². The number of nitrogens with zero attached hydrogens (tertiary/aromatic N) is 2. The van der Waals surface area contributed by atoms with Crippen LogP contribution in [0.1, 0.15) is 16.7 Å². The van der Waals surface area contributed by atoms with Crippen LogP contribution in [0.5, 0.6) is 5.75 Å². The molecule has 0 saturated carbocycles. The van der Waals surface area contributed by atoms with Crippen molar-refractivity contribution in [3.8, 4) is 5.75 Å². The first kappa shape index (κ1) is 15.4. The van der Waals surface area contributed by atoms with Gasteiger partial charge in [-0.15, -0.1) is 0 Å². The summed E-state index contributed by atoms with van der Waals surface area (Å²) < 4.78 is 4.96. The van der Waals surface area contributed by atoms with Crippen molar-refractivity contribution < 1.29 is 25.8 Å². The summed E-state index contributed by atoms with van der Waals surface area (Å²) in [5.41, 5.74) is 14.4. The maximum Gasteiger partial charge on any atom is 0.221 e. The molecule has 0 aliphatic rings. The Morgan fingerprint density at radius 3 is 2.63 bits per heavy atom. The van der Waals surface area contributed by atoms with Crippen molar-refractivity contribution in [1.82, 2.24) is 9.97 Å². The van der Waals surface area contributed by atoms with Gasteiger partial charge in [0, 0.05) is 39.2 Å². The number of nitrogens with two attached hydrogens (primary N) is 2. The van der Waals surface area contributed by atoms with Crippen molar-refractivity contribution in [2.45, 2.75) is 13.3 Å². The summed E-state index contributed by atoms with van der Waals surface area (Å²) in [5, 5.41) is 0. The SMILES string of the molecule is [CH2-]Oc1ccc(C)c(Cc2cnc(N)nc2N)c1.[W]. The van der Waals surface area contributed by atoms with Gasteiger partial charge in [0.15, 0.2) is 0 Å². The van der Waals surface area contributed by atoms with Gasteiger partial charge >= 0.3 is 0 Å². The Balaban J connectivity index is 0.00000180. The number of aryl methyl sites for hydroxylation is 1. The van der Waals surface area contributed by atoms with Crippen LogP contribution in [-0.2, 0) is 27.5 Å². The van der Waals surface area contributed by atoms with Crippen LogP contribution in [0.25, 0.3) is 0 Å². The van der Waals surface area contributed by atoms with Crippen LogP contribution < -0.4 is 16.2 Å². The van der Waals surface area contributed by atoms with E-state index in [1.165, 1.54) is 0 Å². The van der Waals surface area contributed by atoms with Crippen LogP contribution in [0.2, 0.25) is 0 Å². The molecule has 19 heavy (non-hydrogen) atoms. The average Bonchev–Trinajstić information content (AvgIpc) is 2.35. The van der Waals surface area contributed by atoms with E-state index in [4.69, 9.17) is 16.2 Å². The summed E-state index contributed by atoms with van der Waals surface area (Å²) in [6.45, 7) is 2.02. The Kier molecular flexibility index (Phi) is 5.30. The first-order valence-electron chi connectivity index (χ1n) is 5.48. The third kappa shape index (κ3) is 3.67. The second-order valence-corrected chi connectivity index (χ2v) is 4.05. The predicted octanol–water partition coefficient (Wildman–Crippen LogP) is 1.71. The second-order valence-electron chi connectivity index (χ2n) is 4.05. The molecule has 2 rings (SSSR count). The third-order valence-electron chi connectivity index (χ3n) is 2.78. The van der Waals surface area contributed by atoms with Crippen LogP contribution in [-0.4, -0.2) is 9.97 Å². The quantitative estimate of drug-likeness (QED) is 0.729. The van der Waals surface area contributed by atoms with E-state index in [2.05, 4.69) is 17.1 Å². The van der Waals surface area contributed by atoms with Crippen LogP contribution >= 0.6 is 0 Å². The zero-order valence-electron chi connectivity index (χ0n) is 10.6. The molecular formula is C13H15N4OW-. The Hall–Kier alpha value is -1.61. The Morgan fingerprint density at radius 1 is 1.26 bits per heavy atom. The van der Waals surface area contributed by atoms with Crippen molar-refractivity contribution in [3.05, 3.63) is 48.2 Å². The van der Waals surface area contributed by atoms with Gasteiger partial charge in [-0.05, 0) is 30.2 Å². The zero-order valence-corrected chi connectivity index (χ0v) is 13.5. The average molecular weight is 427 g/mol. The molecule has 1 heterocycles. The summed E-state index contributed by atoms with van der Waals surface area (Å²) >= 11 is 0.